The second-order valence-electron chi connectivity index (χ2n) is 4.23. The van der Waals surface area contributed by atoms with Crippen LogP contribution in [-0.4, -0.2) is 15.3 Å². The number of aromatic nitrogens is 2. The fourth-order valence-corrected chi connectivity index (χ4v) is 2.50. The Morgan fingerprint density at radius 1 is 1.50 bits per heavy atom. The van der Waals surface area contributed by atoms with Gasteiger partial charge in [-0.3, -0.25) is 14.0 Å². The van der Waals surface area contributed by atoms with Gasteiger partial charge in [-0.1, -0.05) is 0 Å². The molecule has 3 aromatic heterocycles. The van der Waals surface area contributed by atoms with E-state index in [0.717, 1.165) is 5.76 Å². The molecule has 0 aliphatic rings. The zero-order valence-electron chi connectivity index (χ0n) is 10.6. The molecule has 1 N–H and O–H groups in total. The highest BCUT2D eigenvalue weighted by Crippen LogP contribution is 2.07. The molecule has 0 bridgehead atoms. The lowest BCUT2D eigenvalue weighted by Crippen LogP contribution is -2.30. The van der Waals surface area contributed by atoms with Crippen molar-refractivity contribution in [2.45, 2.75) is 13.5 Å². The van der Waals surface area contributed by atoms with Crippen molar-refractivity contribution in [2.24, 2.45) is 0 Å². The standard InChI is InChI=1S/C13H11N3O3S/c1-8-2-3-9(19-8)6-14-11(17)10-7-15-13-16(12(10)18)4-5-20-13/h2-5,7H,6H2,1H3,(H,14,17). The van der Waals surface area contributed by atoms with Crippen LogP contribution in [0.3, 0.4) is 0 Å². The number of hydrogen-bond donors (Lipinski definition) is 1. The molecule has 6 nitrogen and oxygen atoms in total. The topological polar surface area (TPSA) is 76.6 Å². The van der Waals surface area contributed by atoms with Crippen LogP contribution in [0.1, 0.15) is 21.9 Å². The molecule has 102 valence electrons. The predicted octanol–water partition coefficient (Wildman–Crippen LogP) is 1.59. The summed E-state index contributed by atoms with van der Waals surface area (Å²) in [6.07, 6.45) is 2.90. The van der Waals surface area contributed by atoms with Gasteiger partial charge in [-0.25, -0.2) is 4.98 Å². The molecule has 0 radical (unpaired) electrons. The van der Waals surface area contributed by atoms with Gasteiger partial charge in [-0.2, -0.15) is 0 Å². The number of aryl methyl sites for hydroxylation is 1. The van der Waals surface area contributed by atoms with E-state index >= 15 is 0 Å². The van der Waals surface area contributed by atoms with E-state index < -0.39 is 5.91 Å². The zero-order valence-corrected chi connectivity index (χ0v) is 11.4. The van der Waals surface area contributed by atoms with Gasteiger partial charge in [0.2, 0.25) is 0 Å². The van der Waals surface area contributed by atoms with Gasteiger partial charge in [0, 0.05) is 17.8 Å². The van der Waals surface area contributed by atoms with Crippen LogP contribution in [0.15, 0.2) is 39.1 Å². The van der Waals surface area contributed by atoms with Crippen LogP contribution in [-0.2, 0) is 6.54 Å². The van der Waals surface area contributed by atoms with Crippen molar-refractivity contribution in [2.75, 3.05) is 0 Å². The SMILES string of the molecule is Cc1ccc(CNC(=O)c2cnc3sccn3c2=O)o1. The number of nitrogens with zero attached hydrogens (tertiary/aromatic N) is 2. The van der Waals surface area contributed by atoms with Crippen LogP contribution in [0, 0.1) is 6.92 Å². The fourth-order valence-electron chi connectivity index (χ4n) is 1.82. The molecule has 0 aromatic carbocycles. The Kier molecular flexibility index (Phi) is 3.11. The summed E-state index contributed by atoms with van der Waals surface area (Å²) >= 11 is 1.34. The number of nitrogens with one attached hydrogen (secondary N) is 1. The number of carbonyl (C=O) groups excluding carboxylic acids is 1. The number of furan rings is 1. The molecular formula is C13H11N3O3S. The van der Waals surface area contributed by atoms with Crippen molar-refractivity contribution in [1.29, 1.82) is 0 Å². The summed E-state index contributed by atoms with van der Waals surface area (Å²) in [4.78, 5) is 28.7. The van der Waals surface area contributed by atoms with E-state index in [4.69, 9.17) is 4.42 Å². The predicted molar refractivity (Wildman–Crippen MR) is 74.0 cm³/mol. The maximum absolute atomic E-state index is 12.1. The largest absolute Gasteiger partial charge is 0.465 e. The molecule has 0 aliphatic heterocycles. The van der Waals surface area contributed by atoms with Gasteiger partial charge in [0.1, 0.15) is 17.1 Å². The van der Waals surface area contributed by atoms with Gasteiger partial charge in [-0.05, 0) is 19.1 Å². The number of amides is 1. The van der Waals surface area contributed by atoms with Crippen LogP contribution in [0.5, 0.6) is 0 Å². The average molecular weight is 289 g/mol. The summed E-state index contributed by atoms with van der Waals surface area (Å²) in [5.41, 5.74) is -0.353. The minimum atomic E-state index is -0.461. The summed E-state index contributed by atoms with van der Waals surface area (Å²) in [6, 6.07) is 3.60. The highest BCUT2D eigenvalue weighted by Gasteiger charge is 2.13. The summed E-state index contributed by atoms with van der Waals surface area (Å²) < 4.78 is 6.70. The minimum Gasteiger partial charge on any atom is -0.465 e. The third kappa shape index (κ3) is 2.23. The van der Waals surface area contributed by atoms with E-state index in [9.17, 15) is 9.59 Å². The maximum Gasteiger partial charge on any atom is 0.271 e. The Balaban J connectivity index is 1.82. The van der Waals surface area contributed by atoms with Crippen LogP contribution in [0.4, 0.5) is 0 Å². The van der Waals surface area contributed by atoms with Crippen LogP contribution < -0.4 is 10.9 Å². The van der Waals surface area contributed by atoms with E-state index in [1.807, 2.05) is 13.0 Å². The molecule has 3 rings (SSSR count). The second-order valence-corrected chi connectivity index (χ2v) is 5.10. The maximum atomic E-state index is 12.1. The first kappa shape index (κ1) is 12.6. The van der Waals surface area contributed by atoms with Crippen molar-refractivity contribution in [1.82, 2.24) is 14.7 Å². The van der Waals surface area contributed by atoms with Crippen LogP contribution >= 0.6 is 11.3 Å². The number of rotatable bonds is 3. The molecule has 0 fully saturated rings. The normalized spacial score (nSPS) is 10.8. The van der Waals surface area contributed by atoms with Crippen LogP contribution in [0.25, 0.3) is 4.96 Å². The molecule has 0 aliphatic carbocycles. The Morgan fingerprint density at radius 3 is 3.10 bits per heavy atom. The van der Waals surface area contributed by atoms with E-state index in [1.54, 1.807) is 17.6 Å². The molecule has 20 heavy (non-hydrogen) atoms. The van der Waals surface area contributed by atoms with Gasteiger partial charge >= 0.3 is 0 Å². The van der Waals surface area contributed by atoms with Crippen molar-refractivity contribution in [3.05, 3.63) is 57.3 Å². The van der Waals surface area contributed by atoms with Gasteiger partial charge in [0.25, 0.3) is 11.5 Å². The van der Waals surface area contributed by atoms with Crippen LogP contribution in [0.2, 0.25) is 0 Å². The van der Waals surface area contributed by atoms with E-state index in [-0.39, 0.29) is 17.7 Å². The Bertz CT molecular complexity index is 831. The summed E-state index contributed by atoms with van der Waals surface area (Å²) in [6.45, 7) is 2.06. The monoisotopic (exact) mass is 289 g/mol. The molecule has 0 saturated heterocycles. The van der Waals surface area contributed by atoms with Crippen molar-refractivity contribution < 1.29 is 9.21 Å². The molecule has 0 saturated carbocycles. The Morgan fingerprint density at radius 2 is 2.35 bits per heavy atom. The van der Waals surface area contributed by atoms with Crippen molar-refractivity contribution >= 4 is 22.2 Å². The first-order valence-corrected chi connectivity index (χ1v) is 6.81. The third-order valence-electron chi connectivity index (χ3n) is 2.81. The quantitative estimate of drug-likeness (QED) is 0.794. The molecular weight excluding hydrogens is 278 g/mol. The van der Waals surface area contributed by atoms with Crippen molar-refractivity contribution in [3.63, 3.8) is 0 Å². The average Bonchev–Trinajstić information content (AvgIpc) is 3.05. The van der Waals surface area contributed by atoms with E-state index in [1.165, 1.54) is 21.9 Å². The third-order valence-corrected chi connectivity index (χ3v) is 3.58. The van der Waals surface area contributed by atoms with Crippen molar-refractivity contribution in [3.8, 4) is 0 Å². The lowest BCUT2D eigenvalue weighted by molar-refractivity contribution is 0.0946. The van der Waals surface area contributed by atoms with Gasteiger partial charge in [0.05, 0.1) is 6.54 Å². The zero-order chi connectivity index (χ0) is 14.1. The smallest absolute Gasteiger partial charge is 0.271 e. The lowest BCUT2D eigenvalue weighted by atomic mass is 10.3. The fraction of sp³-hybridized carbons (Fsp3) is 0.154. The summed E-state index contributed by atoms with van der Waals surface area (Å²) in [5, 5.41) is 4.39. The molecule has 3 heterocycles. The highest BCUT2D eigenvalue weighted by molar-refractivity contribution is 7.15. The first-order valence-electron chi connectivity index (χ1n) is 5.93. The number of hydrogen-bond acceptors (Lipinski definition) is 5. The lowest BCUT2D eigenvalue weighted by Gasteiger charge is -2.02. The molecule has 0 spiro atoms. The Hall–Kier alpha value is -2.41. The Labute approximate surface area is 117 Å². The number of thiazole rings is 1. The van der Waals surface area contributed by atoms with E-state index in [0.29, 0.717) is 10.7 Å². The van der Waals surface area contributed by atoms with E-state index in [2.05, 4.69) is 10.3 Å². The highest BCUT2D eigenvalue weighted by atomic mass is 32.1. The molecule has 7 heteroatoms. The van der Waals surface area contributed by atoms with Gasteiger partial charge in [-0.15, -0.1) is 11.3 Å². The van der Waals surface area contributed by atoms with Gasteiger partial charge < -0.3 is 9.73 Å². The minimum absolute atomic E-state index is 0.0178. The number of fused-ring (bicyclic) bond motifs is 1. The molecule has 3 aromatic rings. The number of carbonyl (C=O) groups is 1. The molecule has 0 unspecified atom stereocenters. The summed E-state index contributed by atoms with van der Waals surface area (Å²) in [7, 11) is 0. The first-order chi connectivity index (χ1) is 9.65. The molecule has 1 amide bonds. The second kappa shape index (κ2) is 4.93. The molecule has 0 atom stereocenters. The summed E-state index contributed by atoms with van der Waals surface area (Å²) in [5.74, 6) is 0.952. The van der Waals surface area contributed by atoms with Gasteiger partial charge in [0.15, 0.2) is 4.96 Å².